The molecule has 7 heteroatoms. The van der Waals surface area contributed by atoms with Crippen molar-refractivity contribution in [1.82, 2.24) is 14.5 Å². The maximum Gasteiger partial charge on any atom is 0.317 e. The molecule has 0 aromatic carbocycles. The molecule has 0 bridgehead atoms. The minimum Gasteiger partial charge on any atom is -0.334 e. The Labute approximate surface area is 134 Å². The van der Waals surface area contributed by atoms with Crippen LogP contribution < -0.4 is 5.32 Å². The first-order valence-corrected chi connectivity index (χ1v) is 10.2. The van der Waals surface area contributed by atoms with Gasteiger partial charge in [0.1, 0.15) is 0 Å². The van der Waals surface area contributed by atoms with Gasteiger partial charge in [0.05, 0.1) is 6.26 Å². The van der Waals surface area contributed by atoms with Crippen molar-refractivity contribution in [3.05, 3.63) is 0 Å². The van der Waals surface area contributed by atoms with Gasteiger partial charge in [0.2, 0.25) is 10.0 Å². The molecular weight excluding hydrogens is 302 g/mol. The molecule has 1 saturated carbocycles. The molecule has 6 nitrogen and oxygen atoms in total. The van der Waals surface area contributed by atoms with Crippen molar-refractivity contribution >= 4 is 16.1 Å². The summed E-state index contributed by atoms with van der Waals surface area (Å²) in [5, 5.41) is 2.99. The van der Waals surface area contributed by atoms with Crippen LogP contribution in [0.25, 0.3) is 0 Å². The molecule has 2 amide bonds. The lowest BCUT2D eigenvalue weighted by Gasteiger charge is -2.33. The Hall–Kier alpha value is -0.820. The summed E-state index contributed by atoms with van der Waals surface area (Å²) < 4.78 is 24.7. The highest BCUT2D eigenvalue weighted by Gasteiger charge is 2.28. The number of nitrogens with zero attached hydrogens (tertiary/aromatic N) is 2. The number of amides is 2. The molecule has 1 unspecified atom stereocenters. The monoisotopic (exact) mass is 331 g/mol. The van der Waals surface area contributed by atoms with Crippen LogP contribution in [0, 0.1) is 5.92 Å². The smallest absolute Gasteiger partial charge is 0.317 e. The van der Waals surface area contributed by atoms with Crippen molar-refractivity contribution < 1.29 is 13.2 Å². The van der Waals surface area contributed by atoms with Gasteiger partial charge in [-0.05, 0) is 31.6 Å². The second-order valence-corrected chi connectivity index (χ2v) is 8.78. The van der Waals surface area contributed by atoms with Gasteiger partial charge in [0, 0.05) is 32.7 Å². The van der Waals surface area contributed by atoms with Crippen LogP contribution in [0.4, 0.5) is 4.79 Å². The molecule has 2 rings (SSSR count). The summed E-state index contributed by atoms with van der Waals surface area (Å²) in [6, 6.07) is -0.157. The summed E-state index contributed by atoms with van der Waals surface area (Å²) >= 11 is 0. The summed E-state index contributed by atoms with van der Waals surface area (Å²) in [6.45, 7) is 1.75. The normalized spacial score (nSPS) is 24.9. The molecule has 128 valence electrons. The van der Waals surface area contributed by atoms with Crippen molar-refractivity contribution in [1.29, 1.82) is 0 Å². The van der Waals surface area contributed by atoms with Gasteiger partial charge in [-0.1, -0.05) is 19.3 Å². The summed E-state index contributed by atoms with van der Waals surface area (Å²) in [7, 11) is -1.33. The third-order valence-electron chi connectivity index (χ3n) is 4.78. The van der Waals surface area contributed by atoms with Crippen LogP contribution in [0.3, 0.4) is 0 Å². The lowest BCUT2D eigenvalue weighted by atomic mass is 9.89. The summed E-state index contributed by atoms with van der Waals surface area (Å²) in [6.07, 6.45) is 9.14. The van der Waals surface area contributed by atoms with Gasteiger partial charge >= 0.3 is 6.03 Å². The van der Waals surface area contributed by atoms with E-state index in [-0.39, 0.29) is 12.1 Å². The molecule has 0 aromatic rings. The van der Waals surface area contributed by atoms with E-state index in [0.29, 0.717) is 19.0 Å². The third-order valence-corrected chi connectivity index (χ3v) is 6.05. The fourth-order valence-electron chi connectivity index (χ4n) is 3.49. The molecule has 1 aliphatic heterocycles. The van der Waals surface area contributed by atoms with Crippen molar-refractivity contribution in [3.8, 4) is 0 Å². The number of piperidine rings is 1. The summed E-state index contributed by atoms with van der Waals surface area (Å²) in [5.41, 5.74) is 0. The molecule has 1 aliphatic carbocycles. The molecule has 0 spiro atoms. The van der Waals surface area contributed by atoms with Crippen LogP contribution in [0.1, 0.15) is 44.9 Å². The van der Waals surface area contributed by atoms with E-state index in [2.05, 4.69) is 5.32 Å². The van der Waals surface area contributed by atoms with Crippen LogP contribution in [0.5, 0.6) is 0 Å². The number of carbonyl (C=O) groups is 1. The predicted octanol–water partition coefficient (Wildman–Crippen LogP) is 1.63. The van der Waals surface area contributed by atoms with E-state index in [9.17, 15) is 13.2 Å². The third kappa shape index (κ3) is 5.12. The van der Waals surface area contributed by atoms with Crippen LogP contribution in [0.15, 0.2) is 0 Å². The average molecular weight is 331 g/mol. The number of hydrogen-bond acceptors (Lipinski definition) is 3. The summed E-state index contributed by atoms with van der Waals surface area (Å²) in [5.74, 6) is 0.614. The molecule has 2 aliphatic rings. The first kappa shape index (κ1) is 17.5. The Morgan fingerprint density at radius 1 is 1.18 bits per heavy atom. The van der Waals surface area contributed by atoms with Crippen LogP contribution in [-0.4, -0.2) is 62.6 Å². The van der Waals surface area contributed by atoms with Gasteiger partial charge in [0.15, 0.2) is 0 Å². The van der Waals surface area contributed by atoms with Gasteiger partial charge in [0.25, 0.3) is 0 Å². The first-order valence-electron chi connectivity index (χ1n) is 8.33. The maximum absolute atomic E-state index is 12.3. The van der Waals surface area contributed by atoms with Gasteiger partial charge in [-0.25, -0.2) is 17.5 Å². The van der Waals surface area contributed by atoms with Crippen molar-refractivity contribution in [2.75, 3.05) is 32.9 Å². The van der Waals surface area contributed by atoms with E-state index < -0.39 is 10.0 Å². The number of rotatable bonds is 4. The molecule has 1 saturated heterocycles. The predicted molar refractivity (Wildman–Crippen MR) is 87.2 cm³/mol. The minimum absolute atomic E-state index is 0.0778. The molecule has 22 heavy (non-hydrogen) atoms. The number of sulfonamides is 1. The molecule has 2 fully saturated rings. The maximum atomic E-state index is 12.3. The highest BCUT2D eigenvalue weighted by atomic mass is 32.2. The van der Waals surface area contributed by atoms with Gasteiger partial charge in [-0.15, -0.1) is 0 Å². The number of carbonyl (C=O) groups excluding carboxylic acids is 1. The topological polar surface area (TPSA) is 69.7 Å². The fraction of sp³-hybridized carbons (Fsp3) is 0.933. The Balaban J connectivity index is 1.80. The zero-order valence-corrected chi connectivity index (χ0v) is 14.6. The van der Waals surface area contributed by atoms with Gasteiger partial charge in [-0.2, -0.15) is 0 Å². The zero-order chi connectivity index (χ0) is 16.2. The lowest BCUT2D eigenvalue weighted by Crippen LogP contribution is -2.52. The van der Waals surface area contributed by atoms with Crippen LogP contribution >= 0.6 is 0 Å². The Kier molecular flexibility index (Phi) is 6.09. The van der Waals surface area contributed by atoms with Crippen molar-refractivity contribution in [2.24, 2.45) is 5.92 Å². The Morgan fingerprint density at radius 2 is 1.86 bits per heavy atom. The van der Waals surface area contributed by atoms with E-state index in [1.165, 1.54) is 42.7 Å². The highest BCUT2D eigenvalue weighted by Crippen LogP contribution is 2.24. The molecule has 1 N–H and O–H groups in total. The quantitative estimate of drug-likeness (QED) is 0.851. The number of hydrogen-bond donors (Lipinski definition) is 1. The Morgan fingerprint density at radius 3 is 2.50 bits per heavy atom. The van der Waals surface area contributed by atoms with E-state index in [1.807, 2.05) is 7.05 Å². The van der Waals surface area contributed by atoms with Gasteiger partial charge < -0.3 is 10.2 Å². The molecule has 1 heterocycles. The first-order chi connectivity index (χ1) is 10.4. The van der Waals surface area contributed by atoms with E-state index in [1.54, 1.807) is 4.90 Å². The molecular formula is C15H29N3O3S. The minimum atomic E-state index is -3.17. The van der Waals surface area contributed by atoms with E-state index in [0.717, 1.165) is 19.4 Å². The molecule has 0 radical (unpaired) electrons. The zero-order valence-electron chi connectivity index (χ0n) is 13.8. The van der Waals surface area contributed by atoms with E-state index in [4.69, 9.17) is 0 Å². The Bertz CT molecular complexity index is 474. The fourth-order valence-corrected chi connectivity index (χ4v) is 4.40. The highest BCUT2D eigenvalue weighted by molar-refractivity contribution is 7.88. The lowest BCUT2D eigenvalue weighted by molar-refractivity contribution is 0.182. The van der Waals surface area contributed by atoms with Crippen LogP contribution in [-0.2, 0) is 10.0 Å². The largest absolute Gasteiger partial charge is 0.334 e. The van der Waals surface area contributed by atoms with E-state index >= 15 is 0 Å². The van der Waals surface area contributed by atoms with Crippen molar-refractivity contribution in [3.63, 3.8) is 0 Å². The number of nitrogens with one attached hydrogen (secondary N) is 1. The van der Waals surface area contributed by atoms with Crippen LogP contribution in [0.2, 0.25) is 0 Å². The summed E-state index contributed by atoms with van der Waals surface area (Å²) in [4.78, 5) is 14.0. The van der Waals surface area contributed by atoms with Gasteiger partial charge in [-0.3, -0.25) is 0 Å². The second-order valence-electron chi connectivity index (χ2n) is 6.79. The number of urea groups is 1. The SMILES string of the molecule is CN(CC1CCCCC1)C(=O)NC1CCCN(S(C)(=O)=O)C1. The second kappa shape index (κ2) is 7.64. The molecule has 1 atom stereocenters. The standard InChI is InChI=1S/C15H29N3O3S/c1-17(11-13-7-4-3-5-8-13)15(19)16-14-9-6-10-18(12-14)22(2,20)21/h13-14H,3-12H2,1-2H3,(H,16,19). The van der Waals surface area contributed by atoms with Crippen molar-refractivity contribution in [2.45, 2.75) is 51.0 Å². The molecule has 0 aromatic heterocycles. The average Bonchev–Trinajstić information content (AvgIpc) is 2.47.